The summed E-state index contributed by atoms with van der Waals surface area (Å²) < 4.78 is 0. The summed E-state index contributed by atoms with van der Waals surface area (Å²) in [6.07, 6.45) is 2.02. The van der Waals surface area contributed by atoms with E-state index in [2.05, 4.69) is 6.07 Å². The molecule has 0 unspecified atom stereocenters. The molecule has 0 saturated heterocycles. The summed E-state index contributed by atoms with van der Waals surface area (Å²) in [5.41, 5.74) is 5.06. The van der Waals surface area contributed by atoms with Crippen LogP contribution in [0, 0.1) is 33.6 Å². The van der Waals surface area contributed by atoms with E-state index >= 15 is 0 Å². The maximum Gasteiger partial charge on any atom is 0.170 e. The lowest BCUT2D eigenvalue weighted by Crippen LogP contribution is -2.13. The molecule has 1 saturated carbocycles. The van der Waals surface area contributed by atoms with Crippen LogP contribution in [0.25, 0.3) is 0 Å². The van der Waals surface area contributed by atoms with Gasteiger partial charge in [0, 0.05) is 11.5 Å². The van der Waals surface area contributed by atoms with Crippen LogP contribution in [0.2, 0.25) is 0 Å². The lowest BCUT2D eigenvalue weighted by atomic mass is 9.90. The molecule has 0 radical (unpaired) electrons. The van der Waals surface area contributed by atoms with Gasteiger partial charge in [-0.05, 0) is 62.8 Å². The smallest absolute Gasteiger partial charge is 0.170 e. The Balaban J connectivity index is 2.31. The number of carbonyl (C=O) groups excluding carboxylic acids is 2. The molecular formula is C16H20O2. The van der Waals surface area contributed by atoms with E-state index in [1.54, 1.807) is 0 Å². The fourth-order valence-electron chi connectivity index (χ4n) is 2.43. The fraction of sp³-hybridized carbons (Fsp3) is 0.500. The molecule has 0 bridgehead atoms. The highest BCUT2D eigenvalue weighted by molar-refractivity contribution is 6.10. The normalized spacial score (nSPS) is 14.7. The Morgan fingerprint density at radius 2 is 1.56 bits per heavy atom. The number of benzene rings is 1. The third kappa shape index (κ3) is 2.38. The average Bonchev–Trinajstić information content (AvgIpc) is 3.10. The van der Waals surface area contributed by atoms with E-state index in [0.29, 0.717) is 0 Å². The van der Waals surface area contributed by atoms with Gasteiger partial charge in [-0.15, -0.1) is 0 Å². The Bertz CT molecular complexity index is 496. The van der Waals surface area contributed by atoms with Crippen LogP contribution in [0.3, 0.4) is 0 Å². The monoisotopic (exact) mass is 244 g/mol. The van der Waals surface area contributed by atoms with Gasteiger partial charge in [-0.25, -0.2) is 0 Å². The van der Waals surface area contributed by atoms with Crippen molar-refractivity contribution in [2.75, 3.05) is 0 Å². The average molecular weight is 244 g/mol. The zero-order chi connectivity index (χ0) is 13.4. The second-order valence-corrected chi connectivity index (χ2v) is 5.48. The van der Waals surface area contributed by atoms with Gasteiger partial charge in [0.1, 0.15) is 5.78 Å². The van der Waals surface area contributed by atoms with Crippen molar-refractivity contribution < 1.29 is 9.59 Å². The number of rotatable bonds is 4. The lowest BCUT2D eigenvalue weighted by molar-refractivity contribution is -0.119. The van der Waals surface area contributed by atoms with Crippen LogP contribution in [0.4, 0.5) is 0 Å². The zero-order valence-corrected chi connectivity index (χ0v) is 11.6. The van der Waals surface area contributed by atoms with Crippen molar-refractivity contribution in [3.63, 3.8) is 0 Å². The zero-order valence-electron chi connectivity index (χ0n) is 11.6. The number of Topliss-reactive ketones (excluding diaryl/α,β-unsaturated/α-hetero) is 2. The van der Waals surface area contributed by atoms with Crippen molar-refractivity contribution in [3.8, 4) is 0 Å². The van der Waals surface area contributed by atoms with Crippen molar-refractivity contribution in [1.82, 2.24) is 0 Å². The number of carbonyl (C=O) groups is 2. The van der Waals surface area contributed by atoms with Crippen molar-refractivity contribution in [2.24, 2.45) is 5.92 Å². The fourth-order valence-corrected chi connectivity index (χ4v) is 2.43. The first-order chi connectivity index (χ1) is 8.41. The maximum absolute atomic E-state index is 12.3. The minimum atomic E-state index is -0.00583. The topological polar surface area (TPSA) is 34.1 Å². The van der Waals surface area contributed by atoms with Crippen molar-refractivity contribution in [2.45, 2.75) is 47.0 Å². The predicted molar refractivity (Wildman–Crippen MR) is 72.1 cm³/mol. The number of hydrogen-bond donors (Lipinski definition) is 0. The van der Waals surface area contributed by atoms with E-state index in [1.165, 1.54) is 0 Å². The van der Waals surface area contributed by atoms with Crippen LogP contribution in [0.5, 0.6) is 0 Å². The number of aryl methyl sites for hydroxylation is 2. The summed E-state index contributed by atoms with van der Waals surface area (Å²) >= 11 is 0. The molecule has 0 N–H and O–H groups in total. The molecule has 0 amide bonds. The molecule has 18 heavy (non-hydrogen) atoms. The first-order valence-electron chi connectivity index (χ1n) is 6.55. The summed E-state index contributed by atoms with van der Waals surface area (Å²) in [4.78, 5) is 24.1. The molecule has 96 valence electrons. The third-order valence-corrected chi connectivity index (χ3v) is 4.01. The summed E-state index contributed by atoms with van der Waals surface area (Å²) in [7, 11) is 0. The highest BCUT2D eigenvalue weighted by atomic mass is 16.1. The van der Waals surface area contributed by atoms with Crippen molar-refractivity contribution in [1.29, 1.82) is 0 Å². The molecule has 1 aliphatic rings. The third-order valence-electron chi connectivity index (χ3n) is 4.01. The van der Waals surface area contributed by atoms with E-state index in [-0.39, 0.29) is 23.9 Å². The summed E-state index contributed by atoms with van der Waals surface area (Å²) in [6.45, 7) is 7.97. The SMILES string of the molecule is Cc1cc(C)c(C)c(C(=O)CC(=O)C2CC2)c1C. The van der Waals surface area contributed by atoms with Gasteiger partial charge in [-0.1, -0.05) is 6.07 Å². The second kappa shape index (κ2) is 4.68. The number of ketones is 2. The summed E-state index contributed by atoms with van der Waals surface area (Å²) in [5, 5.41) is 0. The molecule has 0 heterocycles. The first-order valence-corrected chi connectivity index (χ1v) is 6.55. The van der Waals surface area contributed by atoms with E-state index in [0.717, 1.165) is 40.7 Å². The highest BCUT2D eigenvalue weighted by Crippen LogP contribution is 2.32. The van der Waals surface area contributed by atoms with Gasteiger partial charge in [0.05, 0.1) is 6.42 Å². The Kier molecular flexibility index (Phi) is 3.38. The molecule has 0 atom stereocenters. The Morgan fingerprint density at radius 3 is 2.00 bits per heavy atom. The van der Waals surface area contributed by atoms with E-state index < -0.39 is 0 Å². The van der Waals surface area contributed by atoms with E-state index in [9.17, 15) is 9.59 Å². The van der Waals surface area contributed by atoms with Gasteiger partial charge in [0.15, 0.2) is 5.78 Å². The maximum atomic E-state index is 12.3. The molecule has 1 aliphatic carbocycles. The van der Waals surface area contributed by atoms with Crippen LogP contribution in [-0.4, -0.2) is 11.6 Å². The van der Waals surface area contributed by atoms with Crippen LogP contribution < -0.4 is 0 Å². The Labute approximate surface area is 108 Å². The molecule has 2 rings (SSSR count). The van der Waals surface area contributed by atoms with Gasteiger partial charge in [-0.3, -0.25) is 9.59 Å². The van der Waals surface area contributed by atoms with Crippen LogP contribution in [0.1, 0.15) is 51.9 Å². The van der Waals surface area contributed by atoms with Crippen LogP contribution in [-0.2, 0) is 4.79 Å². The Morgan fingerprint density at radius 1 is 1.06 bits per heavy atom. The molecule has 2 nitrogen and oxygen atoms in total. The minimum Gasteiger partial charge on any atom is -0.299 e. The molecule has 1 aromatic rings. The molecule has 2 heteroatoms. The van der Waals surface area contributed by atoms with Crippen molar-refractivity contribution >= 4 is 11.6 Å². The predicted octanol–water partition coefficient (Wildman–Crippen LogP) is 3.47. The quantitative estimate of drug-likeness (QED) is 0.600. The summed E-state index contributed by atoms with van der Waals surface area (Å²) in [6, 6.07) is 2.10. The second-order valence-electron chi connectivity index (χ2n) is 5.48. The van der Waals surface area contributed by atoms with E-state index in [4.69, 9.17) is 0 Å². The number of hydrogen-bond acceptors (Lipinski definition) is 2. The van der Waals surface area contributed by atoms with Gasteiger partial charge < -0.3 is 0 Å². The lowest BCUT2D eigenvalue weighted by Gasteiger charge is -2.14. The van der Waals surface area contributed by atoms with Crippen LogP contribution in [0.15, 0.2) is 6.07 Å². The van der Waals surface area contributed by atoms with Crippen molar-refractivity contribution in [3.05, 3.63) is 33.9 Å². The van der Waals surface area contributed by atoms with Gasteiger partial charge >= 0.3 is 0 Å². The first kappa shape index (κ1) is 13.0. The molecule has 0 aliphatic heterocycles. The molecule has 1 aromatic carbocycles. The minimum absolute atomic E-state index is 0.00583. The Hall–Kier alpha value is -1.44. The highest BCUT2D eigenvalue weighted by Gasteiger charge is 2.31. The van der Waals surface area contributed by atoms with E-state index in [1.807, 2.05) is 27.7 Å². The standard InChI is InChI=1S/C16H20O2/c1-9-7-10(2)12(4)16(11(9)3)15(18)8-14(17)13-5-6-13/h7,13H,5-6,8H2,1-4H3. The molecule has 0 aromatic heterocycles. The largest absolute Gasteiger partial charge is 0.299 e. The van der Waals surface area contributed by atoms with Crippen LogP contribution >= 0.6 is 0 Å². The summed E-state index contributed by atoms with van der Waals surface area (Å²) in [5.74, 6) is 0.284. The molecular weight excluding hydrogens is 224 g/mol. The van der Waals surface area contributed by atoms with Gasteiger partial charge in [0.25, 0.3) is 0 Å². The van der Waals surface area contributed by atoms with Gasteiger partial charge in [-0.2, -0.15) is 0 Å². The van der Waals surface area contributed by atoms with Gasteiger partial charge in [0.2, 0.25) is 0 Å². The molecule has 1 fully saturated rings. The molecule has 0 spiro atoms.